The number of anilines is 1. The Bertz CT molecular complexity index is 389. The summed E-state index contributed by atoms with van der Waals surface area (Å²) in [5, 5.41) is 15.3. The lowest BCUT2D eigenvalue weighted by Crippen LogP contribution is -2.25. The van der Waals surface area contributed by atoms with Crippen LogP contribution in [0.15, 0.2) is 5.38 Å². The third-order valence-corrected chi connectivity index (χ3v) is 4.34. The summed E-state index contributed by atoms with van der Waals surface area (Å²) in [6.07, 6.45) is 3.53. The zero-order chi connectivity index (χ0) is 12.3. The Kier molecular flexibility index (Phi) is 4.23. The summed E-state index contributed by atoms with van der Waals surface area (Å²) in [4.78, 5) is 14.9. The topological polar surface area (TPSA) is 62.2 Å². The van der Waals surface area contributed by atoms with E-state index in [0.29, 0.717) is 11.1 Å². The van der Waals surface area contributed by atoms with Crippen LogP contribution in [0.5, 0.6) is 0 Å². The van der Waals surface area contributed by atoms with Crippen molar-refractivity contribution in [2.24, 2.45) is 11.8 Å². The molecule has 1 aliphatic carbocycles. The van der Waals surface area contributed by atoms with Crippen LogP contribution in [-0.4, -0.2) is 22.6 Å². The van der Waals surface area contributed by atoms with Gasteiger partial charge in [-0.15, -0.1) is 11.3 Å². The molecule has 0 unspecified atom stereocenters. The van der Waals surface area contributed by atoms with Crippen molar-refractivity contribution < 1.29 is 9.90 Å². The van der Waals surface area contributed by atoms with Crippen molar-refractivity contribution in [3.05, 3.63) is 10.5 Å². The number of carboxylic acid groups (broad SMARTS) is 1. The summed E-state index contributed by atoms with van der Waals surface area (Å²) in [5.74, 6) is -0.239. The maximum Gasteiger partial charge on any atom is 0.306 e. The van der Waals surface area contributed by atoms with Crippen LogP contribution in [0, 0.1) is 11.8 Å². The molecule has 1 heterocycles. The maximum absolute atomic E-state index is 10.8. The van der Waals surface area contributed by atoms with Gasteiger partial charge in [0, 0.05) is 11.9 Å². The second-order valence-electron chi connectivity index (χ2n) is 4.41. The van der Waals surface area contributed by atoms with Crippen molar-refractivity contribution >= 4 is 34.0 Å². The van der Waals surface area contributed by atoms with E-state index < -0.39 is 5.97 Å². The number of nitrogens with one attached hydrogen (secondary N) is 1. The fraction of sp³-hybridized carbons (Fsp3) is 0.636. The molecule has 0 aromatic carbocycles. The zero-order valence-corrected chi connectivity index (χ0v) is 10.9. The Hall–Kier alpha value is -0.810. The molecule has 1 saturated carbocycles. The molecule has 94 valence electrons. The molecule has 1 aromatic rings. The minimum absolute atomic E-state index is 0.138. The minimum Gasteiger partial charge on any atom is -0.481 e. The van der Waals surface area contributed by atoms with Crippen LogP contribution in [0.25, 0.3) is 0 Å². The molecular weight excluding hydrogens is 260 g/mol. The first-order valence-electron chi connectivity index (χ1n) is 5.73. The Morgan fingerprint density at radius 2 is 2.24 bits per heavy atom. The number of hydrogen-bond donors (Lipinski definition) is 2. The maximum atomic E-state index is 10.8. The van der Waals surface area contributed by atoms with Gasteiger partial charge in [0.2, 0.25) is 0 Å². The number of thiazole rings is 1. The summed E-state index contributed by atoms with van der Waals surface area (Å²) in [6, 6.07) is 0. The molecule has 0 saturated heterocycles. The molecule has 1 aromatic heterocycles. The van der Waals surface area contributed by atoms with Gasteiger partial charge in [-0.2, -0.15) is 0 Å². The van der Waals surface area contributed by atoms with Gasteiger partial charge in [-0.05, 0) is 31.6 Å². The first-order chi connectivity index (χ1) is 8.15. The molecule has 2 N–H and O–H groups in total. The van der Waals surface area contributed by atoms with Gasteiger partial charge in [0.25, 0.3) is 0 Å². The standard InChI is InChI=1S/C11H15ClN2O2S/c12-9-6-17-11(14-9)13-5-7-1-3-8(4-2-7)10(15)16/h6-8H,1-5H2,(H,13,14)(H,15,16). The van der Waals surface area contributed by atoms with Gasteiger partial charge in [0.15, 0.2) is 5.13 Å². The second-order valence-corrected chi connectivity index (χ2v) is 5.66. The number of carboxylic acids is 1. The Morgan fingerprint density at radius 3 is 2.76 bits per heavy atom. The van der Waals surface area contributed by atoms with E-state index in [-0.39, 0.29) is 5.92 Å². The van der Waals surface area contributed by atoms with E-state index in [1.807, 2.05) is 0 Å². The highest BCUT2D eigenvalue weighted by Crippen LogP contribution is 2.29. The number of rotatable bonds is 4. The van der Waals surface area contributed by atoms with Crippen LogP contribution < -0.4 is 5.32 Å². The molecule has 4 nitrogen and oxygen atoms in total. The van der Waals surface area contributed by atoms with Gasteiger partial charge in [-0.1, -0.05) is 11.6 Å². The molecule has 0 bridgehead atoms. The van der Waals surface area contributed by atoms with Crippen molar-refractivity contribution in [1.82, 2.24) is 4.98 Å². The summed E-state index contributed by atoms with van der Waals surface area (Å²) in [6.45, 7) is 0.857. The van der Waals surface area contributed by atoms with Crippen molar-refractivity contribution in [2.45, 2.75) is 25.7 Å². The molecule has 1 fully saturated rings. The van der Waals surface area contributed by atoms with Crippen LogP contribution in [0.1, 0.15) is 25.7 Å². The second kappa shape index (κ2) is 5.69. The van der Waals surface area contributed by atoms with Crippen LogP contribution in [-0.2, 0) is 4.79 Å². The number of hydrogen-bond acceptors (Lipinski definition) is 4. The van der Waals surface area contributed by atoms with E-state index in [1.165, 1.54) is 11.3 Å². The molecule has 17 heavy (non-hydrogen) atoms. The van der Waals surface area contributed by atoms with Crippen molar-refractivity contribution in [2.75, 3.05) is 11.9 Å². The highest BCUT2D eigenvalue weighted by molar-refractivity contribution is 7.14. The summed E-state index contributed by atoms with van der Waals surface area (Å²) >= 11 is 7.23. The average Bonchev–Trinajstić information content (AvgIpc) is 2.73. The number of aliphatic carboxylic acids is 1. The summed E-state index contributed by atoms with van der Waals surface area (Å²) < 4.78 is 0. The lowest BCUT2D eigenvalue weighted by atomic mass is 9.82. The van der Waals surface area contributed by atoms with Crippen molar-refractivity contribution in [3.63, 3.8) is 0 Å². The van der Waals surface area contributed by atoms with Gasteiger partial charge in [0.05, 0.1) is 5.92 Å². The smallest absolute Gasteiger partial charge is 0.306 e. The highest BCUT2D eigenvalue weighted by atomic mass is 35.5. The number of nitrogens with zero attached hydrogens (tertiary/aromatic N) is 1. The molecule has 6 heteroatoms. The van der Waals surface area contributed by atoms with Gasteiger partial charge in [-0.25, -0.2) is 4.98 Å². The largest absolute Gasteiger partial charge is 0.481 e. The first kappa shape index (κ1) is 12.6. The lowest BCUT2D eigenvalue weighted by Gasteiger charge is -2.25. The van der Waals surface area contributed by atoms with Crippen LogP contribution in [0.3, 0.4) is 0 Å². The lowest BCUT2D eigenvalue weighted by molar-refractivity contribution is -0.143. The zero-order valence-electron chi connectivity index (χ0n) is 9.36. The van der Waals surface area contributed by atoms with Crippen LogP contribution in [0.4, 0.5) is 5.13 Å². The van der Waals surface area contributed by atoms with Gasteiger partial charge >= 0.3 is 5.97 Å². The summed E-state index contributed by atoms with van der Waals surface area (Å²) in [5.41, 5.74) is 0. The van der Waals surface area contributed by atoms with Gasteiger partial charge in [-0.3, -0.25) is 4.79 Å². The van der Waals surface area contributed by atoms with E-state index in [4.69, 9.17) is 16.7 Å². The molecule has 0 radical (unpaired) electrons. The van der Waals surface area contributed by atoms with E-state index in [0.717, 1.165) is 37.4 Å². The van der Waals surface area contributed by atoms with E-state index in [2.05, 4.69) is 10.3 Å². The Labute approximate surface area is 109 Å². The highest BCUT2D eigenvalue weighted by Gasteiger charge is 2.25. The summed E-state index contributed by atoms with van der Waals surface area (Å²) in [7, 11) is 0. The fourth-order valence-electron chi connectivity index (χ4n) is 2.18. The van der Waals surface area contributed by atoms with E-state index >= 15 is 0 Å². The van der Waals surface area contributed by atoms with Gasteiger partial charge < -0.3 is 10.4 Å². The Morgan fingerprint density at radius 1 is 1.53 bits per heavy atom. The first-order valence-corrected chi connectivity index (χ1v) is 6.98. The van der Waals surface area contributed by atoms with Crippen LogP contribution in [0.2, 0.25) is 5.15 Å². The molecule has 2 rings (SSSR count). The SMILES string of the molecule is O=C(O)C1CCC(CNc2nc(Cl)cs2)CC1. The number of halogens is 1. The molecular formula is C11H15ClN2O2S. The fourth-order valence-corrected chi connectivity index (χ4v) is 3.03. The molecule has 0 atom stereocenters. The predicted molar refractivity (Wildman–Crippen MR) is 68.7 cm³/mol. The quantitative estimate of drug-likeness (QED) is 0.886. The molecule has 0 spiro atoms. The number of aromatic nitrogens is 1. The third kappa shape index (κ3) is 3.57. The predicted octanol–water partition coefficient (Wildman–Crippen LogP) is 3.10. The van der Waals surface area contributed by atoms with Crippen LogP contribution >= 0.6 is 22.9 Å². The third-order valence-electron chi connectivity index (χ3n) is 3.21. The Balaban J connectivity index is 1.73. The van der Waals surface area contributed by atoms with Crippen molar-refractivity contribution in [3.8, 4) is 0 Å². The molecule has 0 aliphatic heterocycles. The molecule has 0 amide bonds. The van der Waals surface area contributed by atoms with Crippen molar-refractivity contribution in [1.29, 1.82) is 0 Å². The van der Waals surface area contributed by atoms with E-state index in [1.54, 1.807) is 5.38 Å². The number of carbonyl (C=O) groups is 1. The minimum atomic E-state index is -0.650. The van der Waals surface area contributed by atoms with Gasteiger partial charge in [0.1, 0.15) is 5.15 Å². The molecule has 1 aliphatic rings. The monoisotopic (exact) mass is 274 g/mol. The normalized spacial score (nSPS) is 24.5. The average molecular weight is 275 g/mol. The van der Waals surface area contributed by atoms with E-state index in [9.17, 15) is 4.79 Å².